The molecule has 0 radical (unpaired) electrons. The molecule has 0 saturated carbocycles. The van der Waals surface area contributed by atoms with Crippen molar-refractivity contribution in [2.24, 2.45) is 11.1 Å². The van der Waals surface area contributed by atoms with E-state index in [1.807, 2.05) is 37.3 Å². The van der Waals surface area contributed by atoms with Crippen molar-refractivity contribution < 1.29 is 28.6 Å². The summed E-state index contributed by atoms with van der Waals surface area (Å²) in [4.78, 5) is 16.5. The summed E-state index contributed by atoms with van der Waals surface area (Å²) < 4.78 is 16.6. The quantitative estimate of drug-likeness (QED) is 0.396. The van der Waals surface area contributed by atoms with Gasteiger partial charge in [0.1, 0.15) is 18.0 Å². The Balaban J connectivity index is 1.29. The highest BCUT2D eigenvalue weighted by molar-refractivity contribution is 5.78. The lowest BCUT2D eigenvalue weighted by molar-refractivity contribution is -0.292. The Hall–Kier alpha value is -2.38. The number of carboxylic acids is 1. The molecule has 7 heteroatoms. The van der Waals surface area contributed by atoms with Crippen LogP contribution in [0.1, 0.15) is 38.9 Å². The fourth-order valence-electron chi connectivity index (χ4n) is 3.26. The first kappa shape index (κ1) is 20.4. The molecule has 3 rings (SSSR count). The third-order valence-corrected chi connectivity index (χ3v) is 5.01. The summed E-state index contributed by atoms with van der Waals surface area (Å²) >= 11 is 0. The minimum absolute atomic E-state index is 0.155. The molecule has 0 amide bonds. The molecule has 0 bridgehead atoms. The minimum atomic E-state index is -1.53. The lowest BCUT2D eigenvalue weighted by Gasteiger charge is -2.39. The van der Waals surface area contributed by atoms with Crippen LogP contribution < -0.4 is 0 Å². The Morgan fingerprint density at radius 2 is 2.21 bits per heavy atom. The van der Waals surface area contributed by atoms with Gasteiger partial charge in [0.15, 0.2) is 0 Å². The number of carbonyl (C=O) groups is 1. The molecule has 1 aliphatic heterocycles. The molecule has 3 atom stereocenters. The van der Waals surface area contributed by atoms with Gasteiger partial charge in [-0.25, -0.2) is 4.79 Å². The van der Waals surface area contributed by atoms with Gasteiger partial charge in [0.05, 0.1) is 18.9 Å². The van der Waals surface area contributed by atoms with Gasteiger partial charge in [-0.05, 0) is 38.3 Å². The highest BCUT2D eigenvalue weighted by Gasteiger charge is 2.43. The topological polar surface area (TPSA) is 90.5 Å². The monoisotopic (exact) mass is 389 g/mol. The third kappa shape index (κ3) is 5.11. The Morgan fingerprint density at radius 3 is 2.96 bits per heavy atom. The molecule has 28 heavy (non-hydrogen) atoms. The lowest BCUT2D eigenvalue weighted by atomic mass is 9.96. The van der Waals surface area contributed by atoms with Gasteiger partial charge in [-0.3, -0.25) is 0 Å². The molecule has 7 nitrogen and oxygen atoms in total. The van der Waals surface area contributed by atoms with Gasteiger partial charge >= 0.3 is 5.97 Å². The fourth-order valence-corrected chi connectivity index (χ4v) is 3.26. The third-order valence-electron chi connectivity index (χ3n) is 5.01. The zero-order valence-electron chi connectivity index (χ0n) is 16.3. The zero-order chi connectivity index (χ0) is 20.0. The van der Waals surface area contributed by atoms with Crippen molar-refractivity contribution in [1.82, 2.24) is 0 Å². The van der Waals surface area contributed by atoms with Crippen LogP contribution in [0.25, 0.3) is 11.0 Å². The van der Waals surface area contributed by atoms with Crippen molar-refractivity contribution in [3.05, 3.63) is 36.1 Å². The summed E-state index contributed by atoms with van der Waals surface area (Å²) in [6.07, 6.45) is 4.83. The molecular weight excluding hydrogens is 362 g/mol. The first-order valence-corrected chi connectivity index (χ1v) is 9.64. The Morgan fingerprint density at radius 1 is 1.39 bits per heavy atom. The van der Waals surface area contributed by atoms with Crippen LogP contribution in [0.2, 0.25) is 0 Å². The van der Waals surface area contributed by atoms with Crippen LogP contribution in [0.15, 0.2) is 39.9 Å². The summed E-state index contributed by atoms with van der Waals surface area (Å²) in [6.45, 7) is 4.26. The number of aliphatic carboxylic acids is 1. The van der Waals surface area contributed by atoms with Crippen molar-refractivity contribution in [2.75, 3.05) is 13.2 Å². The van der Waals surface area contributed by atoms with Gasteiger partial charge in [-0.15, -0.1) is 0 Å². The molecule has 152 valence electrons. The smallest absolute Gasteiger partial charge is 0.364 e. The SMILES string of the molecule is CC1OC(C)(C(=O)O)OCC1CCCCON=CCc1cc2ccccc2o1. The average molecular weight is 389 g/mol. The maximum Gasteiger partial charge on any atom is 0.364 e. The van der Waals surface area contributed by atoms with Crippen LogP contribution in [0, 0.1) is 5.92 Å². The number of rotatable bonds is 9. The van der Waals surface area contributed by atoms with E-state index in [0.717, 1.165) is 36.0 Å². The summed E-state index contributed by atoms with van der Waals surface area (Å²) in [6, 6.07) is 9.89. The van der Waals surface area contributed by atoms with E-state index in [1.54, 1.807) is 6.21 Å². The van der Waals surface area contributed by atoms with Crippen LogP contribution in [0.4, 0.5) is 0 Å². The Labute approximate surface area is 164 Å². The number of hydrogen-bond acceptors (Lipinski definition) is 6. The number of nitrogens with zero attached hydrogens (tertiary/aromatic N) is 1. The van der Waals surface area contributed by atoms with Crippen LogP contribution in [-0.4, -0.2) is 42.4 Å². The summed E-state index contributed by atoms with van der Waals surface area (Å²) in [5.74, 6) is -1.59. The van der Waals surface area contributed by atoms with E-state index in [-0.39, 0.29) is 12.0 Å². The lowest BCUT2D eigenvalue weighted by Crippen LogP contribution is -2.51. The largest absolute Gasteiger partial charge is 0.477 e. The van der Waals surface area contributed by atoms with Crippen LogP contribution in [-0.2, 0) is 25.5 Å². The fraction of sp³-hybridized carbons (Fsp3) is 0.524. The summed E-state index contributed by atoms with van der Waals surface area (Å²) in [7, 11) is 0. The van der Waals surface area contributed by atoms with Crippen molar-refractivity contribution in [3.63, 3.8) is 0 Å². The van der Waals surface area contributed by atoms with Gasteiger partial charge in [-0.1, -0.05) is 23.4 Å². The average Bonchev–Trinajstić information content (AvgIpc) is 3.08. The van der Waals surface area contributed by atoms with Crippen molar-refractivity contribution >= 4 is 23.2 Å². The minimum Gasteiger partial charge on any atom is -0.477 e. The number of unbranched alkanes of at least 4 members (excludes halogenated alkanes) is 1. The standard InChI is InChI=1S/C21H27NO6/c1-15-17(14-25-21(2,28-15)20(23)24)8-5-6-12-26-22-11-10-18-13-16-7-3-4-9-19(16)27-18/h3-4,7,9,11,13,15,17H,5-6,8,10,12,14H2,1-2H3,(H,23,24). The second-order valence-electron chi connectivity index (χ2n) is 7.22. The molecule has 1 fully saturated rings. The molecule has 1 aromatic carbocycles. The van der Waals surface area contributed by atoms with E-state index in [1.165, 1.54) is 6.92 Å². The van der Waals surface area contributed by atoms with Crippen molar-refractivity contribution in [1.29, 1.82) is 0 Å². The number of benzene rings is 1. The van der Waals surface area contributed by atoms with Crippen LogP contribution in [0.3, 0.4) is 0 Å². The number of fused-ring (bicyclic) bond motifs is 1. The van der Waals surface area contributed by atoms with E-state index in [0.29, 0.717) is 19.6 Å². The van der Waals surface area contributed by atoms with E-state index in [4.69, 9.17) is 23.8 Å². The normalized spacial score (nSPS) is 25.4. The predicted molar refractivity (Wildman–Crippen MR) is 104 cm³/mol. The first-order valence-electron chi connectivity index (χ1n) is 9.64. The van der Waals surface area contributed by atoms with Gasteiger partial charge in [0.2, 0.25) is 0 Å². The number of ether oxygens (including phenoxy) is 2. The first-order chi connectivity index (χ1) is 13.5. The molecular formula is C21H27NO6. The number of oxime groups is 1. The summed E-state index contributed by atoms with van der Waals surface area (Å²) in [5, 5.41) is 14.2. The van der Waals surface area contributed by atoms with Gasteiger partial charge in [0, 0.05) is 24.6 Å². The second kappa shape index (κ2) is 9.21. The highest BCUT2D eigenvalue weighted by atomic mass is 16.7. The van der Waals surface area contributed by atoms with Crippen LogP contribution in [0.5, 0.6) is 0 Å². The molecule has 3 unspecified atom stereocenters. The van der Waals surface area contributed by atoms with E-state index in [9.17, 15) is 4.79 Å². The van der Waals surface area contributed by atoms with Crippen LogP contribution >= 0.6 is 0 Å². The second-order valence-corrected chi connectivity index (χ2v) is 7.22. The van der Waals surface area contributed by atoms with E-state index >= 15 is 0 Å². The maximum atomic E-state index is 11.2. The number of hydrogen-bond donors (Lipinski definition) is 1. The summed E-state index contributed by atoms with van der Waals surface area (Å²) in [5.41, 5.74) is 0.875. The predicted octanol–water partition coefficient (Wildman–Crippen LogP) is 4.00. The molecule has 2 aromatic rings. The molecule has 1 aliphatic rings. The molecule has 1 saturated heterocycles. The zero-order valence-corrected chi connectivity index (χ0v) is 16.3. The van der Waals surface area contributed by atoms with Crippen molar-refractivity contribution in [3.8, 4) is 0 Å². The molecule has 1 N–H and O–H groups in total. The van der Waals surface area contributed by atoms with Gasteiger partial charge < -0.3 is 23.8 Å². The Kier molecular flexibility index (Phi) is 6.70. The van der Waals surface area contributed by atoms with E-state index < -0.39 is 11.8 Å². The number of furan rings is 1. The Bertz CT molecular complexity index is 783. The molecule has 2 heterocycles. The number of para-hydroxylation sites is 1. The molecule has 1 aromatic heterocycles. The van der Waals surface area contributed by atoms with Gasteiger partial charge in [0.25, 0.3) is 5.79 Å². The molecule has 0 aliphatic carbocycles. The highest BCUT2D eigenvalue weighted by Crippen LogP contribution is 2.29. The van der Waals surface area contributed by atoms with Crippen molar-refractivity contribution in [2.45, 2.75) is 51.4 Å². The number of carboxylic acid groups (broad SMARTS) is 1. The van der Waals surface area contributed by atoms with E-state index in [2.05, 4.69) is 5.16 Å². The van der Waals surface area contributed by atoms with Gasteiger partial charge in [-0.2, -0.15) is 0 Å². The maximum absolute atomic E-state index is 11.2. The molecule has 0 spiro atoms.